The topological polar surface area (TPSA) is 64.1 Å². The molecule has 1 amide bonds. The summed E-state index contributed by atoms with van der Waals surface area (Å²) in [7, 11) is 0. The SMILES string of the molecule is CC(C)(Oc1nccc(C(F)(F)F)n1)C(=O)NC[C@@H](Cc1ccccc1)Cc1ccc(Cl)cc1. The zero-order valence-electron chi connectivity index (χ0n) is 18.8. The van der Waals surface area contributed by atoms with Crippen molar-refractivity contribution in [1.82, 2.24) is 15.3 Å². The predicted octanol–water partition coefficient (Wildman–Crippen LogP) is 5.52. The maximum absolute atomic E-state index is 12.9. The van der Waals surface area contributed by atoms with Gasteiger partial charge >= 0.3 is 12.2 Å². The summed E-state index contributed by atoms with van der Waals surface area (Å²) in [6.07, 6.45) is -2.27. The lowest BCUT2D eigenvalue weighted by atomic mass is 9.92. The maximum Gasteiger partial charge on any atom is 0.433 e. The van der Waals surface area contributed by atoms with Gasteiger partial charge in [0.15, 0.2) is 11.3 Å². The fraction of sp³-hybridized carbons (Fsp3) is 0.320. The number of hydrogen-bond donors (Lipinski definition) is 1. The van der Waals surface area contributed by atoms with Crippen LogP contribution in [0.25, 0.3) is 0 Å². The Morgan fingerprint density at radius 3 is 2.24 bits per heavy atom. The minimum absolute atomic E-state index is 0.0631. The van der Waals surface area contributed by atoms with Gasteiger partial charge in [0.25, 0.3) is 5.91 Å². The standard InChI is InChI=1S/C25H25ClF3N3O2/c1-24(2,34-23-30-13-12-21(32-23)25(27,28)29)22(33)31-16-19(14-17-6-4-3-5-7-17)15-18-8-10-20(26)11-9-18/h3-13,19H,14-16H2,1-2H3,(H,31,33)/t19-/m0/s1. The molecule has 0 fully saturated rings. The van der Waals surface area contributed by atoms with Crippen LogP contribution in [0.3, 0.4) is 0 Å². The molecule has 180 valence electrons. The van der Waals surface area contributed by atoms with Crippen LogP contribution in [0.5, 0.6) is 6.01 Å². The van der Waals surface area contributed by atoms with E-state index in [-0.39, 0.29) is 5.92 Å². The van der Waals surface area contributed by atoms with Crippen molar-refractivity contribution in [3.63, 3.8) is 0 Å². The quantitative estimate of drug-likeness (QED) is 0.428. The van der Waals surface area contributed by atoms with Gasteiger partial charge in [-0.15, -0.1) is 0 Å². The molecule has 0 aliphatic rings. The van der Waals surface area contributed by atoms with Gasteiger partial charge in [0.1, 0.15) is 0 Å². The highest BCUT2D eigenvalue weighted by Crippen LogP contribution is 2.28. The molecule has 0 saturated carbocycles. The number of rotatable bonds is 9. The monoisotopic (exact) mass is 491 g/mol. The Hall–Kier alpha value is -3.13. The van der Waals surface area contributed by atoms with Crippen molar-refractivity contribution in [3.05, 3.63) is 88.7 Å². The summed E-state index contributed by atoms with van der Waals surface area (Å²) in [6, 6.07) is 17.7. The summed E-state index contributed by atoms with van der Waals surface area (Å²) in [4.78, 5) is 20.0. The molecule has 0 spiro atoms. The highest BCUT2D eigenvalue weighted by atomic mass is 35.5. The summed E-state index contributed by atoms with van der Waals surface area (Å²) < 4.78 is 44.2. The van der Waals surface area contributed by atoms with Crippen molar-refractivity contribution >= 4 is 17.5 Å². The number of amides is 1. The van der Waals surface area contributed by atoms with Crippen LogP contribution in [-0.2, 0) is 23.8 Å². The van der Waals surface area contributed by atoms with Gasteiger partial charge in [-0.25, -0.2) is 4.98 Å². The number of carbonyl (C=O) groups is 1. The van der Waals surface area contributed by atoms with E-state index in [4.69, 9.17) is 16.3 Å². The Morgan fingerprint density at radius 1 is 1.00 bits per heavy atom. The van der Waals surface area contributed by atoms with Gasteiger partial charge in [-0.1, -0.05) is 54.1 Å². The minimum Gasteiger partial charge on any atom is -0.447 e. The van der Waals surface area contributed by atoms with Crippen molar-refractivity contribution in [1.29, 1.82) is 0 Å². The lowest BCUT2D eigenvalue weighted by Gasteiger charge is -2.26. The first-order valence-electron chi connectivity index (χ1n) is 10.7. The number of carbonyl (C=O) groups excluding carboxylic acids is 1. The third-order valence-electron chi connectivity index (χ3n) is 5.17. The van der Waals surface area contributed by atoms with Crippen LogP contribution in [0.2, 0.25) is 5.02 Å². The zero-order valence-corrected chi connectivity index (χ0v) is 19.5. The van der Waals surface area contributed by atoms with E-state index in [2.05, 4.69) is 15.3 Å². The highest BCUT2D eigenvalue weighted by molar-refractivity contribution is 6.30. The van der Waals surface area contributed by atoms with E-state index in [1.165, 1.54) is 13.8 Å². The van der Waals surface area contributed by atoms with E-state index < -0.39 is 29.4 Å². The van der Waals surface area contributed by atoms with Gasteiger partial charge in [0.05, 0.1) is 0 Å². The number of aromatic nitrogens is 2. The maximum atomic E-state index is 12.9. The third kappa shape index (κ3) is 7.45. The molecule has 1 aromatic heterocycles. The van der Waals surface area contributed by atoms with Crippen LogP contribution in [0, 0.1) is 5.92 Å². The van der Waals surface area contributed by atoms with Crippen molar-refractivity contribution in [2.24, 2.45) is 5.92 Å². The molecule has 1 N–H and O–H groups in total. The summed E-state index contributed by atoms with van der Waals surface area (Å²) in [6.45, 7) is 3.25. The van der Waals surface area contributed by atoms with Crippen molar-refractivity contribution in [2.75, 3.05) is 6.54 Å². The van der Waals surface area contributed by atoms with Gasteiger partial charge in [0.2, 0.25) is 0 Å². The van der Waals surface area contributed by atoms with Crippen LogP contribution in [0.15, 0.2) is 66.9 Å². The van der Waals surface area contributed by atoms with Crippen LogP contribution >= 0.6 is 11.6 Å². The molecule has 2 aromatic carbocycles. The smallest absolute Gasteiger partial charge is 0.433 e. The number of nitrogens with zero attached hydrogens (tertiary/aromatic N) is 2. The third-order valence-corrected chi connectivity index (χ3v) is 5.43. The Labute approximate surface area is 201 Å². The van der Waals surface area contributed by atoms with Gasteiger partial charge in [-0.05, 0) is 61.9 Å². The molecule has 0 radical (unpaired) electrons. The van der Waals surface area contributed by atoms with Crippen LogP contribution in [-0.4, -0.2) is 28.0 Å². The molecule has 3 rings (SSSR count). The molecule has 34 heavy (non-hydrogen) atoms. The fourth-order valence-corrected chi connectivity index (χ4v) is 3.52. The van der Waals surface area contributed by atoms with E-state index in [1.54, 1.807) is 0 Å². The van der Waals surface area contributed by atoms with Gasteiger partial charge in [0, 0.05) is 17.8 Å². The molecule has 0 bridgehead atoms. The van der Waals surface area contributed by atoms with Crippen molar-refractivity contribution in [3.8, 4) is 6.01 Å². The highest BCUT2D eigenvalue weighted by Gasteiger charge is 2.35. The Morgan fingerprint density at radius 2 is 1.62 bits per heavy atom. The molecule has 5 nitrogen and oxygen atoms in total. The second-order valence-electron chi connectivity index (χ2n) is 8.43. The minimum atomic E-state index is -4.64. The number of benzene rings is 2. The average Bonchev–Trinajstić information content (AvgIpc) is 2.78. The van der Waals surface area contributed by atoms with E-state index in [0.29, 0.717) is 18.0 Å². The molecule has 0 unspecified atom stereocenters. The van der Waals surface area contributed by atoms with Gasteiger partial charge in [-0.3, -0.25) is 4.79 Å². The predicted molar refractivity (Wildman–Crippen MR) is 124 cm³/mol. The van der Waals surface area contributed by atoms with Crippen LogP contribution < -0.4 is 10.1 Å². The molecule has 0 aliphatic heterocycles. The molecule has 1 heterocycles. The number of halogens is 4. The van der Waals surface area contributed by atoms with Crippen LogP contribution in [0.1, 0.15) is 30.7 Å². The number of nitrogens with one attached hydrogen (secondary N) is 1. The first-order chi connectivity index (χ1) is 16.0. The Bertz CT molecular complexity index is 1090. The zero-order chi connectivity index (χ0) is 24.8. The van der Waals surface area contributed by atoms with E-state index in [1.807, 2.05) is 54.6 Å². The number of ether oxygens (including phenoxy) is 1. The second kappa shape index (κ2) is 10.9. The largest absolute Gasteiger partial charge is 0.447 e. The van der Waals surface area contributed by atoms with Crippen molar-refractivity contribution < 1.29 is 22.7 Å². The van der Waals surface area contributed by atoms with E-state index in [0.717, 1.165) is 29.8 Å². The summed E-state index contributed by atoms with van der Waals surface area (Å²) in [5, 5.41) is 3.52. The van der Waals surface area contributed by atoms with Crippen LogP contribution in [0.4, 0.5) is 13.2 Å². The molecular weight excluding hydrogens is 467 g/mol. The molecule has 9 heteroatoms. The normalized spacial score (nSPS) is 12.8. The summed E-state index contributed by atoms with van der Waals surface area (Å²) >= 11 is 5.99. The molecule has 0 saturated heterocycles. The Kier molecular flexibility index (Phi) is 8.15. The first-order valence-corrected chi connectivity index (χ1v) is 11.1. The lowest BCUT2D eigenvalue weighted by Crippen LogP contribution is -2.48. The van der Waals surface area contributed by atoms with E-state index in [9.17, 15) is 18.0 Å². The Balaban J connectivity index is 1.67. The molecule has 0 aliphatic carbocycles. The first kappa shape index (κ1) is 25.5. The lowest BCUT2D eigenvalue weighted by molar-refractivity contribution is -0.142. The number of hydrogen-bond acceptors (Lipinski definition) is 4. The van der Waals surface area contributed by atoms with E-state index >= 15 is 0 Å². The fourth-order valence-electron chi connectivity index (χ4n) is 3.39. The molecular formula is C25H25ClF3N3O2. The summed E-state index contributed by atoms with van der Waals surface area (Å²) in [5.74, 6) is -0.421. The average molecular weight is 492 g/mol. The molecule has 3 aromatic rings. The summed E-state index contributed by atoms with van der Waals surface area (Å²) in [5.41, 5.74) is -0.419. The molecule has 1 atom stereocenters. The van der Waals surface area contributed by atoms with Crippen molar-refractivity contribution in [2.45, 2.75) is 38.5 Å². The van der Waals surface area contributed by atoms with Gasteiger partial charge in [-0.2, -0.15) is 18.2 Å². The number of alkyl halides is 3. The second-order valence-corrected chi connectivity index (χ2v) is 8.87. The van der Waals surface area contributed by atoms with Gasteiger partial charge < -0.3 is 10.1 Å².